The molecule has 10 rings (SSSR count). The molecule has 1 spiro atoms. The first-order valence-corrected chi connectivity index (χ1v) is 18.7. The van der Waals surface area contributed by atoms with Gasteiger partial charge in [-0.1, -0.05) is 172 Å². The van der Waals surface area contributed by atoms with Crippen LogP contribution in [0.25, 0.3) is 54.9 Å². The van der Waals surface area contributed by atoms with Crippen LogP contribution in [-0.4, -0.2) is 0 Å². The fourth-order valence-electron chi connectivity index (χ4n) is 9.89. The van der Waals surface area contributed by atoms with Crippen LogP contribution in [0.15, 0.2) is 164 Å². The Bertz CT molecular complexity index is 2530. The Kier molecular flexibility index (Phi) is 6.87. The highest BCUT2D eigenvalue weighted by atomic mass is 14.7. The molecule has 246 valence electrons. The lowest BCUT2D eigenvalue weighted by Gasteiger charge is -2.32. The van der Waals surface area contributed by atoms with Gasteiger partial charge in [-0.05, 0) is 120 Å². The Balaban J connectivity index is 0.883. The average Bonchev–Trinajstić information content (AvgIpc) is 3.93. The molecule has 0 amide bonds. The smallest absolute Gasteiger partial charge is 0.0126 e. The third-order valence-electron chi connectivity index (χ3n) is 12.7. The number of benzene rings is 7. The monoisotopic (exact) mass is 654 g/mol. The van der Waals surface area contributed by atoms with Gasteiger partial charge in [0.05, 0.1) is 0 Å². The quantitative estimate of drug-likeness (QED) is 0.150. The Morgan fingerprint density at radius 3 is 1.94 bits per heavy atom. The summed E-state index contributed by atoms with van der Waals surface area (Å²) >= 11 is 0. The van der Waals surface area contributed by atoms with E-state index in [9.17, 15) is 0 Å². The minimum Gasteiger partial charge on any atom is -0.0622 e. The number of hydrogen-bond donors (Lipinski definition) is 0. The lowest BCUT2D eigenvalue weighted by Crippen LogP contribution is -2.28. The number of aryl methyl sites for hydroxylation is 2. The van der Waals surface area contributed by atoms with Crippen LogP contribution in [0.4, 0.5) is 0 Å². The van der Waals surface area contributed by atoms with Gasteiger partial charge in [0.2, 0.25) is 0 Å². The molecule has 2 unspecified atom stereocenters. The van der Waals surface area contributed by atoms with Crippen molar-refractivity contribution < 1.29 is 0 Å². The van der Waals surface area contributed by atoms with Crippen molar-refractivity contribution >= 4 is 32.7 Å². The van der Waals surface area contributed by atoms with E-state index in [4.69, 9.17) is 0 Å². The van der Waals surface area contributed by atoms with E-state index in [0.717, 1.165) is 19.3 Å². The highest BCUT2D eigenvalue weighted by molar-refractivity contribution is 6.13. The summed E-state index contributed by atoms with van der Waals surface area (Å²) in [6, 6.07) is 56.6. The summed E-state index contributed by atoms with van der Waals surface area (Å²) in [6.07, 6.45) is 9.52. The zero-order chi connectivity index (χ0) is 34.2. The van der Waals surface area contributed by atoms with E-state index < -0.39 is 0 Å². The van der Waals surface area contributed by atoms with Gasteiger partial charge in [-0.15, -0.1) is 0 Å². The summed E-state index contributed by atoms with van der Waals surface area (Å²) in [5.41, 5.74) is 15.8. The van der Waals surface area contributed by atoms with E-state index in [1.807, 2.05) is 0 Å². The highest BCUT2D eigenvalue weighted by Crippen LogP contribution is 2.78. The number of hydrogen-bond acceptors (Lipinski definition) is 0. The molecule has 7 aromatic carbocycles. The van der Waals surface area contributed by atoms with Gasteiger partial charge < -0.3 is 0 Å². The molecule has 0 aliphatic heterocycles. The van der Waals surface area contributed by atoms with Crippen molar-refractivity contribution in [3.8, 4) is 22.3 Å². The first-order valence-electron chi connectivity index (χ1n) is 18.7. The van der Waals surface area contributed by atoms with Crippen LogP contribution in [-0.2, 0) is 18.3 Å². The normalized spacial score (nSPS) is 19.6. The predicted molar refractivity (Wildman–Crippen MR) is 217 cm³/mol. The van der Waals surface area contributed by atoms with Gasteiger partial charge in [0.25, 0.3) is 0 Å². The lowest BCUT2D eigenvalue weighted by atomic mass is 9.70. The standard InChI is InChI=1S/C51H42/c1-50(2)48-31-35(12-10-11-34-19-22-37(23-20-34)36-13-4-3-5-14-36)21-28-45(48)47-30-29-42(49-33-51(47,49)50)38-24-26-39(27-25-38)46-32-40-15-6-7-16-41(40)43-17-8-9-18-44(43)46/h3-9,13-32,49H,10-12,33H2,1-2H3. The van der Waals surface area contributed by atoms with Crippen molar-refractivity contribution in [2.24, 2.45) is 11.3 Å². The molecule has 3 aliphatic rings. The molecule has 0 nitrogen and oxygen atoms in total. The van der Waals surface area contributed by atoms with Gasteiger partial charge in [-0.3, -0.25) is 0 Å². The molecule has 1 saturated carbocycles. The molecule has 0 heterocycles. The van der Waals surface area contributed by atoms with Crippen LogP contribution >= 0.6 is 0 Å². The minimum atomic E-state index is 0.103. The van der Waals surface area contributed by atoms with Crippen molar-refractivity contribution in [1.82, 2.24) is 0 Å². The molecule has 0 aromatic heterocycles. The largest absolute Gasteiger partial charge is 0.0622 e. The average molecular weight is 655 g/mol. The fraction of sp³-hybridized carbons (Fsp3) is 0.176. The van der Waals surface area contributed by atoms with Crippen molar-refractivity contribution in [1.29, 1.82) is 0 Å². The third-order valence-corrected chi connectivity index (χ3v) is 12.7. The van der Waals surface area contributed by atoms with Crippen LogP contribution < -0.4 is 0 Å². The third kappa shape index (κ3) is 4.73. The zero-order valence-corrected chi connectivity index (χ0v) is 29.5. The maximum Gasteiger partial charge on any atom is 0.0126 e. The molecule has 51 heavy (non-hydrogen) atoms. The van der Waals surface area contributed by atoms with E-state index in [0.29, 0.717) is 5.92 Å². The minimum absolute atomic E-state index is 0.103. The van der Waals surface area contributed by atoms with E-state index in [2.05, 4.69) is 178 Å². The maximum atomic E-state index is 2.56. The second-order valence-corrected chi connectivity index (χ2v) is 15.6. The molecular formula is C51H42. The molecule has 0 N–H and O–H groups in total. The summed E-state index contributed by atoms with van der Waals surface area (Å²) in [6.45, 7) is 5.03. The molecular weight excluding hydrogens is 613 g/mol. The summed E-state index contributed by atoms with van der Waals surface area (Å²) in [5, 5.41) is 5.25. The Morgan fingerprint density at radius 1 is 0.510 bits per heavy atom. The van der Waals surface area contributed by atoms with E-state index in [-0.39, 0.29) is 10.8 Å². The molecule has 0 radical (unpaired) electrons. The molecule has 0 saturated heterocycles. The molecule has 0 bridgehead atoms. The topological polar surface area (TPSA) is 0 Å². The second-order valence-electron chi connectivity index (χ2n) is 15.6. The van der Waals surface area contributed by atoms with Gasteiger partial charge in [0.1, 0.15) is 0 Å². The van der Waals surface area contributed by atoms with Gasteiger partial charge in [-0.25, -0.2) is 0 Å². The first-order chi connectivity index (χ1) is 25.0. The van der Waals surface area contributed by atoms with Crippen LogP contribution in [0.5, 0.6) is 0 Å². The number of allylic oxidation sites excluding steroid dienone is 4. The van der Waals surface area contributed by atoms with Crippen molar-refractivity contribution in [3.63, 3.8) is 0 Å². The van der Waals surface area contributed by atoms with Gasteiger partial charge in [0, 0.05) is 10.8 Å². The number of rotatable bonds is 7. The van der Waals surface area contributed by atoms with Crippen LogP contribution in [0, 0.1) is 11.3 Å². The van der Waals surface area contributed by atoms with Crippen LogP contribution in [0.2, 0.25) is 0 Å². The Morgan fingerprint density at radius 2 is 1.14 bits per heavy atom. The number of fused-ring (bicyclic) bond motifs is 5. The molecule has 2 atom stereocenters. The van der Waals surface area contributed by atoms with Crippen molar-refractivity contribution in [2.45, 2.75) is 44.9 Å². The van der Waals surface area contributed by atoms with Crippen LogP contribution in [0.3, 0.4) is 0 Å². The molecule has 7 aromatic rings. The van der Waals surface area contributed by atoms with E-state index in [1.165, 1.54) is 78.0 Å². The molecule has 1 fully saturated rings. The van der Waals surface area contributed by atoms with Gasteiger partial charge >= 0.3 is 0 Å². The first kappa shape index (κ1) is 30.4. The van der Waals surface area contributed by atoms with Crippen molar-refractivity contribution in [2.75, 3.05) is 0 Å². The highest BCUT2D eigenvalue weighted by Gasteiger charge is 2.70. The molecule has 0 heteroatoms. The molecule has 3 aliphatic carbocycles. The summed E-state index contributed by atoms with van der Waals surface area (Å²) < 4.78 is 0. The van der Waals surface area contributed by atoms with Gasteiger partial charge in [0.15, 0.2) is 0 Å². The van der Waals surface area contributed by atoms with E-state index >= 15 is 0 Å². The van der Waals surface area contributed by atoms with Gasteiger partial charge in [-0.2, -0.15) is 0 Å². The fourth-order valence-corrected chi connectivity index (χ4v) is 9.89. The second kappa shape index (κ2) is 11.5. The lowest BCUT2D eigenvalue weighted by molar-refractivity contribution is 0.378. The van der Waals surface area contributed by atoms with Crippen molar-refractivity contribution in [3.05, 3.63) is 192 Å². The summed E-state index contributed by atoms with van der Waals surface area (Å²) in [5.74, 6) is 0.564. The van der Waals surface area contributed by atoms with Crippen LogP contribution in [0.1, 0.15) is 54.5 Å². The summed E-state index contributed by atoms with van der Waals surface area (Å²) in [7, 11) is 0. The Hall–Kier alpha value is -5.46. The SMILES string of the molecule is CC1(C)c2cc(CCCc3ccc(-c4ccccc4)cc3)ccc2C2=CC=C(c3ccc(-c4cc5ccccc5c5ccccc45)cc3)C3CC231. The maximum absolute atomic E-state index is 2.56. The van der Waals surface area contributed by atoms with E-state index in [1.54, 1.807) is 11.1 Å². The zero-order valence-electron chi connectivity index (χ0n) is 29.5. The Labute approximate surface area is 301 Å². The summed E-state index contributed by atoms with van der Waals surface area (Å²) in [4.78, 5) is 0. The predicted octanol–water partition coefficient (Wildman–Crippen LogP) is 13.3.